The lowest BCUT2D eigenvalue weighted by atomic mass is 9.92. The molecule has 1 aromatic heterocycles. The van der Waals surface area contributed by atoms with E-state index >= 15 is 0 Å². The molecule has 1 N–H and O–H groups in total. The van der Waals surface area contributed by atoms with Crippen molar-refractivity contribution in [1.82, 2.24) is 20.2 Å². The normalized spacial score (nSPS) is 22.7. The number of aryl methyl sites for hydroxylation is 2. The summed E-state index contributed by atoms with van der Waals surface area (Å²) in [4.78, 5) is 1.42. The Hall–Kier alpha value is -1.75. The van der Waals surface area contributed by atoms with Crippen molar-refractivity contribution in [2.45, 2.75) is 24.9 Å². The van der Waals surface area contributed by atoms with Gasteiger partial charge in [-0.05, 0) is 29.2 Å². The first kappa shape index (κ1) is 10.4. The van der Waals surface area contributed by atoms with Crippen molar-refractivity contribution >= 4 is 0 Å². The highest BCUT2D eigenvalue weighted by Crippen LogP contribution is 2.38. The van der Waals surface area contributed by atoms with E-state index in [9.17, 15) is 5.11 Å². The van der Waals surface area contributed by atoms with Crippen LogP contribution in [0, 0.1) is 0 Å². The Balaban J connectivity index is 1.93. The standard InChI is InChI=1S/C12H14N4O/c1-16-14-11(13-15-16)8-12(17)7-6-9-4-2-3-5-10(9)12/h2-5,17H,6-8H2,1H3. The van der Waals surface area contributed by atoms with Crippen LogP contribution in [0.25, 0.3) is 0 Å². The van der Waals surface area contributed by atoms with Crippen molar-refractivity contribution in [2.24, 2.45) is 7.05 Å². The maximum Gasteiger partial charge on any atom is 0.178 e. The van der Waals surface area contributed by atoms with Crippen LogP contribution in [0.2, 0.25) is 0 Å². The molecule has 1 heterocycles. The van der Waals surface area contributed by atoms with Crippen molar-refractivity contribution in [1.29, 1.82) is 0 Å². The summed E-state index contributed by atoms with van der Waals surface area (Å²) in [5, 5.41) is 22.5. The highest BCUT2D eigenvalue weighted by Gasteiger charge is 2.37. The molecule has 0 aliphatic heterocycles. The summed E-state index contributed by atoms with van der Waals surface area (Å²) in [5.41, 5.74) is 1.39. The Kier molecular flexibility index (Phi) is 2.22. The van der Waals surface area contributed by atoms with Crippen LogP contribution in [0.1, 0.15) is 23.4 Å². The van der Waals surface area contributed by atoms with Gasteiger partial charge in [-0.15, -0.1) is 10.2 Å². The second-order valence-electron chi connectivity index (χ2n) is 4.56. The zero-order chi connectivity index (χ0) is 11.9. The molecule has 1 unspecified atom stereocenters. The van der Waals surface area contributed by atoms with Gasteiger partial charge in [0.2, 0.25) is 0 Å². The van der Waals surface area contributed by atoms with E-state index in [1.807, 2.05) is 18.2 Å². The lowest BCUT2D eigenvalue weighted by Gasteiger charge is -2.22. The van der Waals surface area contributed by atoms with Crippen LogP contribution < -0.4 is 0 Å². The highest BCUT2D eigenvalue weighted by atomic mass is 16.3. The number of aromatic nitrogens is 4. The number of nitrogens with zero attached hydrogens (tertiary/aromatic N) is 4. The number of benzene rings is 1. The third kappa shape index (κ3) is 1.72. The van der Waals surface area contributed by atoms with Crippen LogP contribution in [0.15, 0.2) is 24.3 Å². The summed E-state index contributed by atoms with van der Waals surface area (Å²) in [6, 6.07) is 8.01. The summed E-state index contributed by atoms with van der Waals surface area (Å²) in [5.74, 6) is 0.590. The summed E-state index contributed by atoms with van der Waals surface area (Å²) in [6.07, 6.45) is 2.06. The first-order chi connectivity index (χ1) is 8.17. The van der Waals surface area contributed by atoms with Gasteiger partial charge in [-0.3, -0.25) is 0 Å². The van der Waals surface area contributed by atoms with Gasteiger partial charge in [0, 0.05) is 6.42 Å². The van der Waals surface area contributed by atoms with Crippen molar-refractivity contribution in [3.8, 4) is 0 Å². The van der Waals surface area contributed by atoms with E-state index < -0.39 is 5.60 Å². The third-order valence-corrected chi connectivity index (χ3v) is 3.33. The fourth-order valence-electron chi connectivity index (χ4n) is 2.51. The zero-order valence-electron chi connectivity index (χ0n) is 9.67. The van der Waals surface area contributed by atoms with Crippen molar-refractivity contribution < 1.29 is 5.11 Å². The minimum atomic E-state index is -0.834. The highest BCUT2D eigenvalue weighted by molar-refractivity contribution is 5.37. The number of rotatable bonds is 2. The molecule has 0 amide bonds. The quantitative estimate of drug-likeness (QED) is 0.820. The van der Waals surface area contributed by atoms with Crippen LogP contribution >= 0.6 is 0 Å². The Morgan fingerprint density at radius 2 is 2.24 bits per heavy atom. The summed E-state index contributed by atoms with van der Waals surface area (Å²) >= 11 is 0. The van der Waals surface area contributed by atoms with Crippen LogP contribution in [-0.2, 0) is 25.5 Å². The molecular weight excluding hydrogens is 216 g/mol. The molecule has 1 atom stereocenters. The van der Waals surface area contributed by atoms with Gasteiger partial charge in [-0.2, -0.15) is 4.80 Å². The van der Waals surface area contributed by atoms with Gasteiger partial charge < -0.3 is 5.11 Å². The van der Waals surface area contributed by atoms with E-state index in [0.29, 0.717) is 12.2 Å². The van der Waals surface area contributed by atoms with E-state index in [-0.39, 0.29) is 0 Å². The number of hydrogen-bond acceptors (Lipinski definition) is 4. The summed E-state index contributed by atoms with van der Waals surface area (Å²) in [7, 11) is 1.73. The number of aliphatic hydroxyl groups is 1. The monoisotopic (exact) mass is 230 g/mol. The first-order valence-corrected chi connectivity index (χ1v) is 5.71. The van der Waals surface area contributed by atoms with Gasteiger partial charge in [-0.1, -0.05) is 24.3 Å². The van der Waals surface area contributed by atoms with E-state index in [0.717, 1.165) is 18.4 Å². The maximum atomic E-state index is 10.7. The molecule has 1 aliphatic rings. The molecule has 0 spiro atoms. The van der Waals surface area contributed by atoms with Crippen molar-refractivity contribution in [2.75, 3.05) is 0 Å². The van der Waals surface area contributed by atoms with Crippen LogP contribution in [0.3, 0.4) is 0 Å². The predicted molar refractivity (Wildman–Crippen MR) is 61.2 cm³/mol. The molecule has 2 aromatic rings. The molecule has 3 rings (SSSR count). The van der Waals surface area contributed by atoms with Crippen LogP contribution in [-0.4, -0.2) is 25.3 Å². The summed E-state index contributed by atoms with van der Waals surface area (Å²) in [6.45, 7) is 0. The van der Waals surface area contributed by atoms with Gasteiger partial charge in [0.15, 0.2) is 5.82 Å². The second kappa shape index (κ2) is 3.63. The predicted octanol–water partition coefficient (Wildman–Crippen LogP) is 0.587. The van der Waals surface area contributed by atoms with E-state index in [1.165, 1.54) is 10.4 Å². The molecule has 0 radical (unpaired) electrons. The molecule has 5 heteroatoms. The van der Waals surface area contributed by atoms with E-state index in [1.54, 1.807) is 7.05 Å². The molecule has 1 aliphatic carbocycles. The van der Waals surface area contributed by atoms with Crippen LogP contribution in [0.4, 0.5) is 0 Å². The Morgan fingerprint density at radius 1 is 1.41 bits per heavy atom. The second-order valence-corrected chi connectivity index (χ2v) is 4.56. The smallest absolute Gasteiger partial charge is 0.178 e. The van der Waals surface area contributed by atoms with Crippen LogP contribution in [0.5, 0.6) is 0 Å². The van der Waals surface area contributed by atoms with Gasteiger partial charge in [0.1, 0.15) is 0 Å². The van der Waals surface area contributed by atoms with E-state index in [2.05, 4.69) is 21.5 Å². The molecule has 0 bridgehead atoms. The zero-order valence-corrected chi connectivity index (χ0v) is 9.67. The molecule has 1 aromatic carbocycles. The number of hydrogen-bond donors (Lipinski definition) is 1. The first-order valence-electron chi connectivity index (χ1n) is 5.71. The van der Waals surface area contributed by atoms with Crippen molar-refractivity contribution in [3.05, 3.63) is 41.2 Å². The Bertz CT molecular complexity index is 551. The van der Waals surface area contributed by atoms with Gasteiger partial charge in [-0.25, -0.2) is 0 Å². The molecule has 0 saturated heterocycles. The largest absolute Gasteiger partial charge is 0.385 e. The number of tetrazole rings is 1. The third-order valence-electron chi connectivity index (χ3n) is 3.33. The number of fused-ring (bicyclic) bond motifs is 1. The average Bonchev–Trinajstić information content (AvgIpc) is 2.86. The Labute approximate surface area is 99.1 Å². The lowest BCUT2D eigenvalue weighted by molar-refractivity contribution is 0.0368. The molecule has 88 valence electrons. The van der Waals surface area contributed by atoms with Gasteiger partial charge in [0.25, 0.3) is 0 Å². The molecule has 0 saturated carbocycles. The molecule has 17 heavy (non-hydrogen) atoms. The van der Waals surface area contributed by atoms with E-state index in [4.69, 9.17) is 0 Å². The molecular formula is C12H14N4O. The fourth-order valence-corrected chi connectivity index (χ4v) is 2.51. The minimum Gasteiger partial charge on any atom is -0.385 e. The average molecular weight is 230 g/mol. The van der Waals surface area contributed by atoms with Gasteiger partial charge in [0.05, 0.1) is 12.6 Å². The minimum absolute atomic E-state index is 0.428. The summed E-state index contributed by atoms with van der Waals surface area (Å²) < 4.78 is 0. The Morgan fingerprint density at radius 3 is 3.00 bits per heavy atom. The van der Waals surface area contributed by atoms with Gasteiger partial charge >= 0.3 is 0 Å². The fraction of sp³-hybridized carbons (Fsp3) is 0.417. The molecule has 5 nitrogen and oxygen atoms in total. The SMILES string of the molecule is Cn1nnc(CC2(O)CCc3ccccc32)n1. The lowest BCUT2D eigenvalue weighted by Crippen LogP contribution is -2.26. The maximum absolute atomic E-state index is 10.7. The topological polar surface area (TPSA) is 63.8 Å². The van der Waals surface area contributed by atoms with Crippen molar-refractivity contribution in [3.63, 3.8) is 0 Å². The molecule has 0 fully saturated rings.